The molecule has 0 aliphatic carbocycles. The fourth-order valence-electron chi connectivity index (χ4n) is 2.54. The largest absolute Gasteiger partial charge is 0.504 e. The number of phenols is 1. The van der Waals surface area contributed by atoms with Gasteiger partial charge in [-0.25, -0.2) is 5.43 Å². The van der Waals surface area contributed by atoms with Crippen LogP contribution in [0.15, 0.2) is 35.4 Å². The SMILES string of the molecule is CCOc1cc(/C=N/NC(=O)Cc2ccc3c(c2)OCCO3)cc(I)c1O. The minimum Gasteiger partial charge on any atom is -0.504 e. The maximum Gasteiger partial charge on any atom is 0.244 e. The molecule has 142 valence electrons. The average molecular weight is 482 g/mol. The minimum atomic E-state index is -0.249. The minimum absolute atomic E-state index is 0.0947. The maximum atomic E-state index is 12.1. The van der Waals surface area contributed by atoms with E-state index in [1.54, 1.807) is 24.3 Å². The van der Waals surface area contributed by atoms with Gasteiger partial charge in [0, 0.05) is 0 Å². The molecular formula is C19H19IN2O5. The van der Waals surface area contributed by atoms with Gasteiger partial charge >= 0.3 is 0 Å². The molecule has 8 heteroatoms. The fourth-order valence-corrected chi connectivity index (χ4v) is 3.16. The molecule has 0 bridgehead atoms. The third-order valence-corrected chi connectivity index (χ3v) is 4.55. The summed E-state index contributed by atoms with van der Waals surface area (Å²) in [6, 6.07) is 8.84. The van der Waals surface area contributed by atoms with Crippen molar-refractivity contribution in [3.05, 3.63) is 45.0 Å². The molecule has 0 saturated heterocycles. The summed E-state index contributed by atoms with van der Waals surface area (Å²) in [5.74, 6) is 1.57. The first-order chi connectivity index (χ1) is 13.1. The second-order valence-electron chi connectivity index (χ2n) is 5.73. The number of carbonyl (C=O) groups is 1. The van der Waals surface area contributed by atoms with E-state index in [2.05, 4.69) is 10.5 Å². The zero-order valence-electron chi connectivity index (χ0n) is 14.7. The highest BCUT2D eigenvalue weighted by atomic mass is 127. The molecule has 3 rings (SSSR count). The van der Waals surface area contributed by atoms with E-state index in [0.29, 0.717) is 46.2 Å². The van der Waals surface area contributed by atoms with E-state index in [1.807, 2.05) is 35.6 Å². The lowest BCUT2D eigenvalue weighted by atomic mass is 10.1. The number of hydrogen-bond donors (Lipinski definition) is 2. The molecule has 0 unspecified atom stereocenters. The first-order valence-corrected chi connectivity index (χ1v) is 9.50. The van der Waals surface area contributed by atoms with Gasteiger partial charge in [-0.1, -0.05) is 6.07 Å². The lowest BCUT2D eigenvalue weighted by molar-refractivity contribution is -0.120. The lowest BCUT2D eigenvalue weighted by Gasteiger charge is -2.18. The molecule has 0 fully saturated rings. The molecule has 0 spiro atoms. The van der Waals surface area contributed by atoms with Crippen molar-refractivity contribution in [2.75, 3.05) is 19.8 Å². The van der Waals surface area contributed by atoms with Crippen LogP contribution in [0.25, 0.3) is 0 Å². The van der Waals surface area contributed by atoms with Gasteiger partial charge in [0.2, 0.25) is 5.91 Å². The smallest absolute Gasteiger partial charge is 0.244 e. The van der Waals surface area contributed by atoms with Gasteiger partial charge in [-0.15, -0.1) is 0 Å². The fraction of sp³-hybridized carbons (Fsp3) is 0.263. The van der Waals surface area contributed by atoms with Gasteiger partial charge in [-0.2, -0.15) is 5.10 Å². The van der Waals surface area contributed by atoms with Crippen LogP contribution < -0.4 is 19.6 Å². The molecule has 7 nitrogen and oxygen atoms in total. The predicted molar refractivity (Wildman–Crippen MR) is 109 cm³/mol. The predicted octanol–water partition coefficient (Wildman–Crippen LogP) is 2.86. The number of halogens is 1. The third-order valence-electron chi connectivity index (χ3n) is 3.72. The van der Waals surface area contributed by atoms with Gasteiger partial charge in [0.05, 0.1) is 22.8 Å². The number of nitrogens with zero attached hydrogens (tertiary/aromatic N) is 1. The Hall–Kier alpha value is -2.49. The van der Waals surface area contributed by atoms with E-state index < -0.39 is 0 Å². The van der Waals surface area contributed by atoms with Crippen LogP contribution in [0.2, 0.25) is 0 Å². The molecule has 1 aliphatic heterocycles. The van der Waals surface area contributed by atoms with Crippen LogP contribution in [0, 0.1) is 3.57 Å². The molecule has 1 aliphatic rings. The number of hydrogen-bond acceptors (Lipinski definition) is 6. The molecule has 0 saturated carbocycles. The second-order valence-corrected chi connectivity index (χ2v) is 6.89. The van der Waals surface area contributed by atoms with Crippen LogP contribution in [-0.4, -0.2) is 37.0 Å². The van der Waals surface area contributed by atoms with Gasteiger partial charge in [0.15, 0.2) is 23.0 Å². The van der Waals surface area contributed by atoms with Crippen LogP contribution >= 0.6 is 22.6 Å². The van der Waals surface area contributed by atoms with Crippen LogP contribution in [0.5, 0.6) is 23.0 Å². The summed E-state index contributed by atoms with van der Waals surface area (Å²) >= 11 is 2.01. The van der Waals surface area contributed by atoms with E-state index >= 15 is 0 Å². The average Bonchev–Trinajstić information content (AvgIpc) is 2.66. The maximum absolute atomic E-state index is 12.1. The highest BCUT2D eigenvalue weighted by Gasteiger charge is 2.13. The van der Waals surface area contributed by atoms with Crippen LogP contribution in [0.4, 0.5) is 0 Å². The van der Waals surface area contributed by atoms with Gasteiger partial charge < -0.3 is 19.3 Å². The highest BCUT2D eigenvalue weighted by molar-refractivity contribution is 14.1. The van der Waals surface area contributed by atoms with Gasteiger partial charge in [0.1, 0.15) is 13.2 Å². The summed E-state index contributed by atoms with van der Waals surface area (Å²) in [4.78, 5) is 12.1. The molecule has 2 aromatic rings. The van der Waals surface area contributed by atoms with E-state index in [1.165, 1.54) is 6.21 Å². The normalized spacial score (nSPS) is 12.8. The van der Waals surface area contributed by atoms with Crippen molar-refractivity contribution in [1.82, 2.24) is 5.43 Å². The highest BCUT2D eigenvalue weighted by Crippen LogP contribution is 2.32. The Balaban J connectivity index is 1.60. The zero-order chi connectivity index (χ0) is 19.2. The molecule has 1 heterocycles. The van der Waals surface area contributed by atoms with Crippen molar-refractivity contribution in [3.8, 4) is 23.0 Å². The summed E-state index contributed by atoms with van der Waals surface area (Å²) in [7, 11) is 0. The quantitative estimate of drug-likeness (QED) is 0.376. The van der Waals surface area contributed by atoms with Crippen molar-refractivity contribution in [2.24, 2.45) is 5.10 Å². The number of nitrogens with one attached hydrogen (secondary N) is 1. The number of benzene rings is 2. The number of amides is 1. The van der Waals surface area contributed by atoms with Gasteiger partial charge in [-0.3, -0.25) is 4.79 Å². The first-order valence-electron chi connectivity index (χ1n) is 8.42. The summed E-state index contributed by atoms with van der Waals surface area (Å²) in [6.07, 6.45) is 1.68. The number of phenolic OH excluding ortho intramolecular Hbond substituents is 1. The van der Waals surface area contributed by atoms with Crippen molar-refractivity contribution < 1.29 is 24.1 Å². The number of carbonyl (C=O) groups excluding carboxylic acids is 1. The zero-order valence-corrected chi connectivity index (χ0v) is 16.9. The van der Waals surface area contributed by atoms with Crippen molar-refractivity contribution in [2.45, 2.75) is 13.3 Å². The van der Waals surface area contributed by atoms with Crippen molar-refractivity contribution in [3.63, 3.8) is 0 Å². The molecule has 27 heavy (non-hydrogen) atoms. The third kappa shape index (κ3) is 5.03. The Morgan fingerprint density at radius 2 is 2.07 bits per heavy atom. The Kier molecular flexibility index (Phi) is 6.38. The van der Waals surface area contributed by atoms with Crippen LogP contribution in [0.3, 0.4) is 0 Å². The molecular weight excluding hydrogens is 463 g/mol. The number of rotatable bonds is 6. The van der Waals surface area contributed by atoms with Crippen molar-refractivity contribution in [1.29, 1.82) is 0 Å². The number of ether oxygens (including phenoxy) is 3. The first kappa shape index (κ1) is 19.3. The topological polar surface area (TPSA) is 89.4 Å². The van der Waals surface area contributed by atoms with Crippen molar-refractivity contribution >= 4 is 34.7 Å². The Labute approximate surface area is 170 Å². The Morgan fingerprint density at radius 3 is 2.85 bits per heavy atom. The monoisotopic (exact) mass is 482 g/mol. The standard InChI is InChI=1S/C19H19IN2O5/c1-2-25-17-9-13(7-14(20)19(17)24)11-21-22-18(23)10-12-3-4-15-16(8-12)27-6-5-26-15/h3-4,7-9,11,24H,2,5-6,10H2,1H3,(H,22,23)/b21-11+. The van der Waals surface area contributed by atoms with E-state index in [4.69, 9.17) is 14.2 Å². The van der Waals surface area contributed by atoms with Gasteiger partial charge in [-0.05, 0) is 64.9 Å². The second kappa shape index (κ2) is 8.94. The lowest BCUT2D eigenvalue weighted by Crippen LogP contribution is -2.20. The summed E-state index contributed by atoms with van der Waals surface area (Å²) in [6.45, 7) is 3.31. The number of hydrazone groups is 1. The van der Waals surface area contributed by atoms with E-state index in [9.17, 15) is 9.90 Å². The molecule has 0 atom stereocenters. The Bertz CT molecular complexity index is 869. The molecule has 0 radical (unpaired) electrons. The number of fused-ring (bicyclic) bond motifs is 1. The van der Waals surface area contributed by atoms with Gasteiger partial charge in [0.25, 0.3) is 0 Å². The molecule has 1 amide bonds. The Morgan fingerprint density at radius 1 is 1.30 bits per heavy atom. The van der Waals surface area contributed by atoms with E-state index in [0.717, 1.165) is 5.56 Å². The van der Waals surface area contributed by atoms with Crippen LogP contribution in [-0.2, 0) is 11.2 Å². The summed E-state index contributed by atoms with van der Waals surface area (Å²) in [5.41, 5.74) is 4.02. The summed E-state index contributed by atoms with van der Waals surface area (Å²) < 4.78 is 17.0. The van der Waals surface area contributed by atoms with E-state index in [-0.39, 0.29) is 18.1 Å². The molecule has 0 aromatic heterocycles. The molecule has 2 aromatic carbocycles. The number of aromatic hydroxyl groups is 1. The summed E-state index contributed by atoms with van der Waals surface area (Å²) in [5, 5.41) is 13.9. The molecule has 2 N–H and O–H groups in total. The van der Waals surface area contributed by atoms with Crippen LogP contribution in [0.1, 0.15) is 18.1 Å².